The van der Waals surface area contributed by atoms with Gasteiger partial charge in [-0.2, -0.15) is 0 Å². The minimum Gasteiger partial charge on any atom is -0.236 e. The van der Waals surface area contributed by atoms with Gasteiger partial charge in [-0.25, -0.2) is 19.9 Å². The predicted octanol–water partition coefficient (Wildman–Crippen LogP) is 12.2. The van der Waals surface area contributed by atoms with Gasteiger partial charge in [0.05, 0.1) is 10.2 Å². The average molecular weight is 671 g/mol. The molecule has 0 saturated carbocycles. The molecule has 2 heterocycles. The van der Waals surface area contributed by atoms with Crippen molar-refractivity contribution in [3.8, 4) is 78.1 Å². The van der Waals surface area contributed by atoms with Gasteiger partial charge in [0.2, 0.25) is 0 Å². The van der Waals surface area contributed by atoms with Gasteiger partial charge in [-0.05, 0) is 57.6 Å². The van der Waals surface area contributed by atoms with Crippen LogP contribution < -0.4 is 0 Å². The molecular weight excluding hydrogens is 641 g/mol. The number of hydrogen-bond donors (Lipinski definition) is 0. The first-order chi connectivity index (χ1) is 25.2. The molecule has 51 heavy (non-hydrogen) atoms. The third-order valence-electron chi connectivity index (χ3n) is 9.00. The number of fused-ring (bicyclic) bond motifs is 1. The van der Waals surface area contributed by atoms with Crippen molar-refractivity contribution in [3.63, 3.8) is 0 Å². The summed E-state index contributed by atoms with van der Waals surface area (Å²) in [5.74, 6) is 1.90. The van der Waals surface area contributed by atoms with Crippen LogP contribution in [0.4, 0.5) is 0 Å². The summed E-state index contributed by atoms with van der Waals surface area (Å²) in [7, 11) is 0. The van der Waals surface area contributed by atoms with Crippen molar-refractivity contribution in [2.45, 2.75) is 0 Å². The summed E-state index contributed by atoms with van der Waals surface area (Å²) in [4.78, 5) is 20.0. The van der Waals surface area contributed by atoms with Crippen LogP contribution >= 0.6 is 11.3 Å². The second-order valence-electron chi connectivity index (χ2n) is 12.3. The molecule has 0 aliphatic carbocycles. The summed E-state index contributed by atoms with van der Waals surface area (Å²) < 4.78 is 1.08. The molecule has 5 heteroatoms. The quantitative estimate of drug-likeness (QED) is 0.169. The van der Waals surface area contributed by atoms with Gasteiger partial charge in [0.15, 0.2) is 17.5 Å². The maximum Gasteiger partial charge on any atom is 0.164 e. The Labute approximate surface area is 300 Å². The normalized spacial score (nSPS) is 11.1. The van der Waals surface area contributed by atoms with Crippen molar-refractivity contribution in [3.05, 3.63) is 182 Å². The standard InChI is InChI=1S/C46H30N4S/c1-4-11-31(12-5-1)33-19-21-34(22-20-33)35-23-25-37(26-24-35)46-47-41-28-27-40(30-42(41)51-46)45-49-43(36-15-8-3-9-16-36)48-44(50-45)39-18-10-17-38(29-39)32-13-6-2-7-14-32/h1-30H. The Bertz CT molecular complexity index is 2600. The van der Waals surface area contributed by atoms with E-state index >= 15 is 0 Å². The van der Waals surface area contributed by atoms with Gasteiger partial charge < -0.3 is 0 Å². The van der Waals surface area contributed by atoms with Gasteiger partial charge in [-0.1, -0.05) is 158 Å². The van der Waals surface area contributed by atoms with Crippen molar-refractivity contribution < 1.29 is 0 Å². The van der Waals surface area contributed by atoms with Crippen LogP contribution in [-0.2, 0) is 0 Å². The largest absolute Gasteiger partial charge is 0.236 e. The number of rotatable bonds is 7. The van der Waals surface area contributed by atoms with E-state index in [2.05, 4.69) is 140 Å². The van der Waals surface area contributed by atoms with Crippen LogP contribution in [-0.4, -0.2) is 19.9 Å². The number of hydrogen-bond acceptors (Lipinski definition) is 5. The predicted molar refractivity (Wildman–Crippen MR) is 211 cm³/mol. The lowest BCUT2D eigenvalue weighted by molar-refractivity contribution is 1.07. The Hall–Kier alpha value is -6.56. The third kappa shape index (κ3) is 6.34. The fraction of sp³-hybridized carbons (Fsp3) is 0. The molecule has 2 aromatic heterocycles. The Morgan fingerprint density at radius 3 is 1.24 bits per heavy atom. The second kappa shape index (κ2) is 13.4. The van der Waals surface area contributed by atoms with E-state index in [1.165, 1.54) is 22.3 Å². The Morgan fingerprint density at radius 1 is 0.275 bits per heavy atom. The third-order valence-corrected chi connectivity index (χ3v) is 10.1. The highest BCUT2D eigenvalue weighted by molar-refractivity contribution is 7.21. The lowest BCUT2D eigenvalue weighted by atomic mass is 10.00. The molecule has 0 N–H and O–H groups in total. The van der Waals surface area contributed by atoms with Crippen LogP contribution in [0.5, 0.6) is 0 Å². The van der Waals surface area contributed by atoms with E-state index < -0.39 is 0 Å². The van der Waals surface area contributed by atoms with E-state index in [4.69, 9.17) is 19.9 Å². The molecule has 0 spiro atoms. The van der Waals surface area contributed by atoms with E-state index in [1.54, 1.807) is 11.3 Å². The Kier molecular flexibility index (Phi) is 8.01. The van der Waals surface area contributed by atoms with Crippen molar-refractivity contribution in [1.29, 1.82) is 0 Å². The van der Waals surface area contributed by atoms with E-state index in [-0.39, 0.29) is 0 Å². The van der Waals surface area contributed by atoms with Crippen molar-refractivity contribution in [2.24, 2.45) is 0 Å². The van der Waals surface area contributed by atoms with Crippen LogP contribution in [0.2, 0.25) is 0 Å². The molecule has 9 aromatic rings. The van der Waals surface area contributed by atoms with Gasteiger partial charge in [0.25, 0.3) is 0 Å². The highest BCUT2D eigenvalue weighted by Crippen LogP contribution is 2.35. The van der Waals surface area contributed by atoms with E-state index in [1.807, 2.05) is 42.5 Å². The molecular formula is C46H30N4S. The lowest BCUT2D eigenvalue weighted by Gasteiger charge is -2.09. The average Bonchev–Trinajstić information content (AvgIpc) is 3.66. The van der Waals surface area contributed by atoms with Crippen molar-refractivity contribution in [1.82, 2.24) is 19.9 Å². The first-order valence-corrected chi connectivity index (χ1v) is 17.7. The summed E-state index contributed by atoms with van der Waals surface area (Å²) in [5.41, 5.74) is 11.9. The molecule has 0 fully saturated rings. The highest BCUT2D eigenvalue weighted by Gasteiger charge is 2.15. The molecule has 240 valence electrons. The SMILES string of the molecule is c1ccc(-c2ccc(-c3ccc(-c4nc5ccc(-c6nc(-c7ccccc7)nc(-c7cccc(-c8ccccc8)c7)n6)cc5s4)cc3)cc2)cc1. The number of benzene rings is 7. The highest BCUT2D eigenvalue weighted by atomic mass is 32.1. The van der Waals surface area contributed by atoms with Crippen LogP contribution in [0.15, 0.2) is 182 Å². The van der Waals surface area contributed by atoms with Gasteiger partial charge in [-0.3, -0.25) is 0 Å². The van der Waals surface area contributed by atoms with Crippen molar-refractivity contribution in [2.75, 3.05) is 0 Å². The molecule has 0 unspecified atom stereocenters. The number of nitrogens with zero attached hydrogens (tertiary/aromatic N) is 4. The zero-order chi connectivity index (χ0) is 34.0. The van der Waals surface area contributed by atoms with Crippen LogP contribution in [0.3, 0.4) is 0 Å². The van der Waals surface area contributed by atoms with Crippen LogP contribution in [0.25, 0.3) is 88.3 Å². The summed E-state index contributed by atoms with van der Waals surface area (Å²) in [5, 5.41) is 0.979. The molecule has 0 bridgehead atoms. The monoisotopic (exact) mass is 670 g/mol. The van der Waals surface area contributed by atoms with E-state index in [9.17, 15) is 0 Å². The molecule has 0 aliphatic heterocycles. The zero-order valence-electron chi connectivity index (χ0n) is 27.5. The fourth-order valence-electron chi connectivity index (χ4n) is 6.30. The summed E-state index contributed by atoms with van der Waals surface area (Å²) in [6, 6.07) is 63.0. The van der Waals surface area contributed by atoms with Gasteiger partial charge in [0.1, 0.15) is 5.01 Å². The summed E-state index contributed by atoms with van der Waals surface area (Å²) in [6.45, 7) is 0. The maximum absolute atomic E-state index is 5.03. The summed E-state index contributed by atoms with van der Waals surface area (Å²) in [6.07, 6.45) is 0. The van der Waals surface area contributed by atoms with Gasteiger partial charge >= 0.3 is 0 Å². The van der Waals surface area contributed by atoms with Crippen LogP contribution in [0, 0.1) is 0 Å². The second-order valence-corrected chi connectivity index (χ2v) is 13.4. The topological polar surface area (TPSA) is 51.6 Å². The van der Waals surface area contributed by atoms with E-state index in [0.717, 1.165) is 48.6 Å². The van der Waals surface area contributed by atoms with Crippen molar-refractivity contribution >= 4 is 21.6 Å². The minimum atomic E-state index is 0.628. The summed E-state index contributed by atoms with van der Waals surface area (Å²) >= 11 is 1.68. The molecule has 0 amide bonds. The number of thiazole rings is 1. The molecule has 0 saturated heterocycles. The molecule has 7 aromatic carbocycles. The zero-order valence-corrected chi connectivity index (χ0v) is 28.3. The first-order valence-electron chi connectivity index (χ1n) is 16.9. The maximum atomic E-state index is 5.03. The smallest absolute Gasteiger partial charge is 0.164 e. The molecule has 0 radical (unpaired) electrons. The van der Waals surface area contributed by atoms with Gasteiger partial charge in [0, 0.05) is 22.3 Å². The van der Waals surface area contributed by atoms with Crippen LogP contribution in [0.1, 0.15) is 0 Å². The minimum absolute atomic E-state index is 0.628. The molecule has 9 rings (SSSR count). The molecule has 4 nitrogen and oxygen atoms in total. The van der Waals surface area contributed by atoms with Gasteiger partial charge in [-0.15, -0.1) is 11.3 Å². The fourth-order valence-corrected chi connectivity index (χ4v) is 7.31. The number of aromatic nitrogens is 4. The molecule has 0 atom stereocenters. The first kappa shape index (κ1) is 30.5. The Morgan fingerprint density at radius 2 is 0.667 bits per heavy atom. The Balaban J connectivity index is 1.04. The molecule has 0 aliphatic rings. The lowest BCUT2D eigenvalue weighted by Crippen LogP contribution is -2.00. The van der Waals surface area contributed by atoms with E-state index in [0.29, 0.717) is 17.5 Å².